The zero-order chi connectivity index (χ0) is 18.1. The summed E-state index contributed by atoms with van der Waals surface area (Å²) in [7, 11) is -3.66. The maximum Gasteiger partial charge on any atom is 0.261 e. The van der Waals surface area contributed by atoms with Crippen LogP contribution in [0.5, 0.6) is 0 Å². The van der Waals surface area contributed by atoms with Crippen LogP contribution in [0, 0.1) is 0 Å². The summed E-state index contributed by atoms with van der Waals surface area (Å²) >= 11 is 5.81. The molecule has 0 saturated heterocycles. The van der Waals surface area contributed by atoms with Gasteiger partial charge in [0.15, 0.2) is 0 Å². The van der Waals surface area contributed by atoms with Gasteiger partial charge in [0.25, 0.3) is 10.0 Å². The first-order valence-electron chi connectivity index (χ1n) is 7.84. The number of sulfonamides is 1. The first kappa shape index (κ1) is 16.6. The van der Waals surface area contributed by atoms with Crippen LogP contribution in [0.3, 0.4) is 0 Å². The fraction of sp³-hybridized carbons (Fsp3) is 0. The van der Waals surface area contributed by atoms with Crippen molar-refractivity contribution < 1.29 is 8.42 Å². The summed E-state index contributed by atoms with van der Waals surface area (Å²) in [6, 6.07) is 21.0. The van der Waals surface area contributed by atoms with Crippen LogP contribution >= 0.6 is 11.6 Å². The van der Waals surface area contributed by atoms with Crippen molar-refractivity contribution in [3.63, 3.8) is 0 Å². The minimum Gasteiger partial charge on any atom is -0.299 e. The van der Waals surface area contributed by atoms with E-state index >= 15 is 0 Å². The molecule has 0 atom stereocenters. The molecule has 0 aliphatic carbocycles. The van der Waals surface area contributed by atoms with Gasteiger partial charge >= 0.3 is 0 Å². The Morgan fingerprint density at radius 3 is 2.31 bits per heavy atom. The van der Waals surface area contributed by atoms with E-state index < -0.39 is 10.0 Å². The number of aromatic nitrogens is 2. The van der Waals surface area contributed by atoms with E-state index in [0.717, 1.165) is 16.7 Å². The molecule has 0 amide bonds. The monoisotopic (exact) mass is 383 g/mol. The summed E-state index contributed by atoms with van der Waals surface area (Å²) in [5.74, 6) is 0. The summed E-state index contributed by atoms with van der Waals surface area (Å²) in [6.45, 7) is 0. The molecule has 4 aromatic rings. The lowest BCUT2D eigenvalue weighted by atomic mass is 10.2. The molecule has 0 bridgehead atoms. The zero-order valence-electron chi connectivity index (χ0n) is 13.5. The molecule has 130 valence electrons. The van der Waals surface area contributed by atoms with E-state index in [9.17, 15) is 8.42 Å². The topological polar surface area (TPSA) is 64.0 Å². The zero-order valence-corrected chi connectivity index (χ0v) is 15.1. The molecule has 0 aliphatic rings. The molecule has 3 aromatic carbocycles. The second kappa shape index (κ2) is 6.48. The van der Waals surface area contributed by atoms with Crippen LogP contribution in [0.25, 0.3) is 16.7 Å². The number of para-hydroxylation sites is 2. The van der Waals surface area contributed by atoms with Crippen LogP contribution in [-0.2, 0) is 10.0 Å². The number of anilines is 1. The lowest BCUT2D eigenvalue weighted by Gasteiger charge is -2.10. The highest BCUT2D eigenvalue weighted by molar-refractivity contribution is 7.92. The number of nitrogens with zero attached hydrogens (tertiary/aromatic N) is 2. The second-order valence-corrected chi connectivity index (χ2v) is 7.83. The van der Waals surface area contributed by atoms with Crippen molar-refractivity contribution in [1.29, 1.82) is 0 Å². The van der Waals surface area contributed by atoms with Crippen LogP contribution < -0.4 is 4.72 Å². The molecule has 5 nitrogen and oxygen atoms in total. The number of rotatable bonds is 4. The molecular formula is C19H14ClN3O2S. The van der Waals surface area contributed by atoms with E-state index in [1.165, 1.54) is 12.1 Å². The Bertz CT molecular complexity index is 1170. The van der Waals surface area contributed by atoms with Gasteiger partial charge in [-0.15, -0.1) is 0 Å². The number of hydrogen-bond acceptors (Lipinski definition) is 3. The lowest BCUT2D eigenvalue weighted by molar-refractivity contribution is 0.601. The van der Waals surface area contributed by atoms with Crippen LogP contribution in [0.1, 0.15) is 0 Å². The molecule has 0 spiro atoms. The van der Waals surface area contributed by atoms with Crippen molar-refractivity contribution in [3.8, 4) is 5.69 Å². The van der Waals surface area contributed by atoms with Crippen LogP contribution in [0.15, 0.2) is 84.0 Å². The molecule has 26 heavy (non-hydrogen) atoms. The van der Waals surface area contributed by atoms with E-state index in [1.807, 2.05) is 41.0 Å². The number of halogens is 1. The highest BCUT2D eigenvalue weighted by atomic mass is 35.5. The summed E-state index contributed by atoms with van der Waals surface area (Å²) in [5.41, 5.74) is 3.27. The minimum absolute atomic E-state index is 0.159. The van der Waals surface area contributed by atoms with Crippen molar-refractivity contribution in [3.05, 3.63) is 84.1 Å². The Morgan fingerprint density at radius 2 is 1.58 bits per heavy atom. The van der Waals surface area contributed by atoms with Gasteiger partial charge in [-0.1, -0.05) is 23.7 Å². The van der Waals surface area contributed by atoms with Crippen molar-refractivity contribution in [2.45, 2.75) is 4.90 Å². The molecular weight excluding hydrogens is 370 g/mol. The summed E-state index contributed by atoms with van der Waals surface area (Å²) in [4.78, 5) is 4.52. The van der Waals surface area contributed by atoms with Gasteiger partial charge in [-0.05, 0) is 60.7 Å². The van der Waals surface area contributed by atoms with Crippen molar-refractivity contribution in [1.82, 2.24) is 9.55 Å². The van der Waals surface area contributed by atoms with E-state index in [1.54, 1.807) is 30.6 Å². The number of fused-ring (bicyclic) bond motifs is 1. The standard InChI is InChI=1S/C19H14ClN3O2S/c20-14-5-11-17(12-6-14)26(24,25)22-15-7-9-16(10-8-15)23-13-21-18-3-1-2-4-19(18)23/h1-13,22H. The average Bonchev–Trinajstić information content (AvgIpc) is 3.07. The van der Waals surface area contributed by atoms with Crippen molar-refractivity contribution in [2.24, 2.45) is 0 Å². The van der Waals surface area contributed by atoms with Gasteiger partial charge in [-0.25, -0.2) is 13.4 Å². The van der Waals surface area contributed by atoms with Crippen LogP contribution in [-0.4, -0.2) is 18.0 Å². The Morgan fingerprint density at radius 1 is 0.885 bits per heavy atom. The molecule has 0 radical (unpaired) electrons. The largest absolute Gasteiger partial charge is 0.299 e. The number of nitrogens with one attached hydrogen (secondary N) is 1. The summed E-state index contributed by atoms with van der Waals surface area (Å²) < 4.78 is 29.4. The normalized spacial score (nSPS) is 11.6. The first-order chi connectivity index (χ1) is 12.5. The number of benzene rings is 3. The molecule has 4 rings (SSSR count). The van der Waals surface area contributed by atoms with Gasteiger partial charge in [0.2, 0.25) is 0 Å². The Labute approximate surface area is 155 Å². The van der Waals surface area contributed by atoms with E-state index in [2.05, 4.69) is 9.71 Å². The Kier molecular flexibility index (Phi) is 4.14. The number of hydrogen-bond donors (Lipinski definition) is 1. The molecule has 1 aromatic heterocycles. The average molecular weight is 384 g/mol. The van der Waals surface area contributed by atoms with Gasteiger partial charge in [0, 0.05) is 16.4 Å². The fourth-order valence-electron chi connectivity index (χ4n) is 2.68. The van der Waals surface area contributed by atoms with Gasteiger partial charge in [0.05, 0.1) is 15.9 Å². The van der Waals surface area contributed by atoms with Gasteiger partial charge in [-0.3, -0.25) is 9.29 Å². The smallest absolute Gasteiger partial charge is 0.261 e. The molecule has 1 N–H and O–H groups in total. The molecule has 0 unspecified atom stereocenters. The van der Waals surface area contributed by atoms with E-state index in [4.69, 9.17) is 11.6 Å². The molecule has 0 fully saturated rings. The van der Waals surface area contributed by atoms with Crippen molar-refractivity contribution in [2.75, 3.05) is 4.72 Å². The van der Waals surface area contributed by atoms with Gasteiger partial charge < -0.3 is 0 Å². The maximum absolute atomic E-state index is 12.4. The third-order valence-corrected chi connectivity index (χ3v) is 5.62. The summed E-state index contributed by atoms with van der Waals surface area (Å²) in [5, 5.41) is 0.487. The Hall–Kier alpha value is -2.83. The van der Waals surface area contributed by atoms with Gasteiger partial charge in [0.1, 0.15) is 6.33 Å². The predicted molar refractivity (Wildman–Crippen MR) is 103 cm³/mol. The molecule has 0 saturated carbocycles. The van der Waals surface area contributed by atoms with E-state index in [-0.39, 0.29) is 4.90 Å². The third-order valence-electron chi connectivity index (χ3n) is 3.98. The molecule has 1 heterocycles. The second-order valence-electron chi connectivity index (χ2n) is 5.71. The molecule has 0 aliphatic heterocycles. The first-order valence-corrected chi connectivity index (χ1v) is 9.70. The highest BCUT2D eigenvalue weighted by Crippen LogP contribution is 2.22. The highest BCUT2D eigenvalue weighted by Gasteiger charge is 2.14. The van der Waals surface area contributed by atoms with Crippen LogP contribution in [0.2, 0.25) is 5.02 Å². The van der Waals surface area contributed by atoms with Crippen molar-refractivity contribution >= 4 is 38.3 Å². The predicted octanol–water partition coefficient (Wildman–Crippen LogP) is 4.48. The minimum atomic E-state index is -3.66. The lowest BCUT2D eigenvalue weighted by Crippen LogP contribution is -2.12. The van der Waals surface area contributed by atoms with Gasteiger partial charge in [-0.2, -0.15) is 0 Å². The number of imidazole rings is 1. The SMILES string of the molecule is O=S(=O)(Nc1ccc(-n2cnc3ccccc32)cc1)c1ccc(Cl)cc1. The summed E-state index contributed by atoms with van der Waals surface area (Å²) in [6.07, 6.45) is 1.75. The van der Waals surface area contributed by atoms with Crippen LogP contribution in [0.4, 0.5) is 5.69 Å². The van der Waals surface area contributed by atoms with E-state index in [0.29, 0.717) is 10.7 Å². The molecule has 7 heteroatoms. The maximum atomic E-state index is 12.4. The fourth-order valence-corrected chi connectivity index (χ4v) is 3.87. The quantitative estimate of drug-likeness (QED) is 0.565. The third kappa shape index (κ3) is 3.16. The Balaban J connectivity index is 1.61.